The van der Waals surface area contributed by atoms with Gasteiger partial charge in [0.25, 0.3) is 0 Å². The van der Waals surface area contributed by atoms with Crippen LogP contribution >= 0.6 is 11.5 Å². The summed E-state index contributed by atoms with van der Waals surface area (Å²) in [5, 5.41) is 11.6. The van der Waals surface area contributed by atoms with Crippen molar-refractivity contribution in [2.24, 2.45) is 5.92 Å². The number of hydrogen-bond acceptors (Lipinski definition) is 6. The van der Waals surface area contributed by atoms with Crippen LogP contribution in [0.3, 0.4) is 0 Å². The van der Waals surface area contributed by atoms with Crippen LogP contribution in [0, 0.1) is 5.92 Å². The third-order valence-electron chi connectivity index (χ3n) is 4.93. The van der Waals surface area contributed by atoms with E-state index in [0.29, 0.717) is 12.2 Å². The number of rotatable bonds is 4. The van der Waals surface area contributed by atoms with Gasteiger partial charge in [-0.05, 0) is 68.3 Å². The molecule has 0 atom stereocenters. The van der Waals surface area contributed by atoms with E-state index in [1.165, 1.54) is 11.5 Å². The molecule has 1 aromatic carbocycles. The first-order chi connectivity index (χ1) is 12.2. The molecule has 0 unspecified atom stereocenters. The molecule has 0 saturated carbocycles. The molecule has 0 bridgehead atoms. The number of hydrogen-bond donors (Lipinski definition) is 0. The molecule has 6 heteroatoms. The van der Waals surface area contributed by atoms with Crippen LogP contribution in [0.5, 0.6) is 0 Å². The predicted molar refractivity (Wildman–Crippen MR) is 99.6 cm³/mol. The molecule has 128 valence electrons. The van der Waals surface area contributed by atoms with Crippen LogP contribution in [0.1, 0.15) is 18.5 Å². The second-order valence-electron chi connectivity index (χ2n) is 6.74. The highest BCUT2D eigenvalue weighted by Gasteiger charge is 2.23. The summed E-state index contributed by atoms with van der Waals surface area (Å²) >= 11 is 1.44. The third kappa shape index (κ3) is 3.60. The molecule has 1 aliphatic heterocycles. The maximum atomic E-state index is 12.6. The summed E-state index contributed by atoms with van der Waals surface area (Å²) in [6, 6.07) is 8.10. The minimum absolute atomic E-state index is 0.164. The van der Waals surface area contributed by atoms with E-state index in [9.17, 15) is 4.79 Å². The van der Waals surface area contributed by atoms with Gasteiger partial charge in [-0.2, -0.15) is 10.2 Å². The van der Waals surface area contributed by atoms with Gasteiger partial charge in [-0.15, -0.1) is 0 Å². The van der Waals surface area contributed by atoms with E-state index in [2.05, 4.69) is 32.6 Å². The van der Waals surface area contributed by atoms with Crippen molar-refractivity contribution < 1.29 is 4.79 Å². The fourth-order valence-electron chi connectivity index (χ4n) is 3.35. The zero-order chi connectivity index (χ0) is 17.2. The van der Waals surface area contributed by atoms with Gasteiger partial charge in [0.15, 0.2) is 0 Å². The Morgan fingerprint density at radius 2 is 2.04 bits per heavy atom. The van der Waals surface area contributed by atoms with Crippen LogP contribution < -0.4 is 0 Å². The number of carbonyl (C=O) groups is 1. The maximum absolute atomic E-state index is 12.6. The Labute approximate surface area is 150 Å². The number of aromatic nitrogens is 3. The van der Waals surface area contributed by atoms with E-state index >= 15 is 0 Å². The van der Waals surface area contributed by atoms with E-state index in [0.717, 1.165) is 53.7 Å². The van der Waals surface area contributed by atoms with Gasteiger partial charge in [0.05, 0.1) is 17.6 Å². The highest BCUT2D eigenvalue weighted by Crippen LogP contribution is 2.25. The van der Waals surface area contributed by atoms with Gasteiger partial charge in [0, 0.05) is 28.4 Å². The molecule has 25 heavy (non-hydrogen) atoms. The summed E-state index contributed by atoms with van der Waals surface area (Å²) in [4.78, 5) is 14.8. The zero-order valence-corrected chi connectivity index (χ0v) is 15.0. The SMILES string of the molecule is CN1CCC(C(=O)Cc2cc3cc(-c4cnsc4)ccc3nn2)CC1. The molecule has 5 nitrogen and oxygen atoms in total. The van der Waals surface area contributed by atoms with Crippen molar-refractivity contribution in [3.05, 3.63) is 41.5 Å². The minimum atomic E-state index is 0.164. The van der Waals surface area contributed by atoms with E-state index in [4.69, 9.17) is 0 Å². The lowest BCUT2D eigenvalue weighted by Gasteiger charge is -2.27. The van der Waals surface area contributed by atoms with Crippen molar-refractivity contribution in [2.75, 3.05) is 20.1 Å². The molecule has 0 amide bonds. The normalized spacial score (nSPS) is 16.4. The van der Waals surface area contributed by atoms with E-state index < -0.39 is 0 Å². The molecule has 1 fully saturated rings. The molecule has 3 aromatic rings. The quantitative estimate of drug-likeness (QED) is 0.722. The van der Waals surface area contributed by atoms with Crippen LogP contribution in [0.25, 0.3) is 22.0 Å². The Hall–Kier alpha value is -2.18. The monoisotopic (exact) mass is 352 g/mol. The number of piperidine rings is 1. The molecule has 4 rings (SSSR count). The van der Waals surface area contributed by atoms with Crippen molar-refractivity contribution in [1.82, 2.24) is 19.5 Å². The third-order valence-corrected chi connectivity index (χ3v) is 5.52. The second kappa shape index (κ2) is 6.98. The highest BCUT2D eigenvalue weighted by molar-refractivity contribution is 7.03. The molecular weight excluding hydrogens is 332 g/mol. The lowest BCUT2D eigenvalue weighted by atomic mass is 9.90. The van der Waals surface area contributed by atoms with Crippen LogP contribution in [0.15, 0.2) is 35.8 Å². The van der Waals surface area contributed by atoms with Gasteiger partial charge < -0.3 is 4.90 Å². The number of fused-ring (bicyclic) bond motifs is 1. The van der Waals surface area contributed by atoms with Gasteiger partial charge in [-0.1, -0.05) is 6.07 Å². The van der Waals surface area contributed by atoms with Crippen molar-refractivity contribution in [3.8, 4) is 11.1 Å². The summed E-state index contributed by atoms with van der Waals surface area (Å²) in [6.07, 6.45) is 4.14. The fraction of sp³-hybridized carbons (Fsp3) is 0.368. The highest BCUT2D eigenvalue weighted by atomic mass is 32.1. The summed E-state index contributed by atoms with van der Waals surface area (Å²) < 4.78 is 4.16. The number of benzene rings is 1. The predicted octanol–water partition coefficient (Wildman–Crippen LogP) is 3.21. The smallest absolute Gasteiger partial charge is 0.142 e. The fourth-order valence-corrected chi connectivity index (χ4v) is 3.90. The molecule has 1 saturated heterocycles. The number of Topliss-reactive ketones (excluding diaryl/α,β-unsaturated/α-hetero) is 1. The summed E-state index contributed by atoms with van der Waals surface area (Å²) in [5.41, 5.74) is 3.83. The molecule has 0 N–H and O–H groups in total. The number of ketones is 1. The first-order valence-corrected chi connectivity index (χ1v) is 9.40. The van der Waals surface area contributed by atoms with E-state index in [-0.39, 0.29) is 5.92 Å². The first kappa shape index (κ1) is 16.3. The topological polar surface area (TPSA) is 59.0 Å². The van der Waals surface area contributed by atoms with Gasteiger partial charge in [0.1, 0.15) is 5.78 Å². The largest absolute Gasteiger partial charge is 0.306 e. The zero-order valence-electron chi connectivity index (χ0n) is 14.2. The van der Waals surface area contributed by atoms with Gasteiger partial charge in [-0.3, -0.25) is 4.79 Å². The summed E-state index contributed by atoms with van der Waals surface area (Å²) in [5.74, 6) is 0.455. The van der Waals surface area contributed by atoms with Crippen molar-refractivity contribution in [3.63, 3.8) is 0 Å². The molecule has 0 aliphatic carbocycles. The standard InChI is InChI=1S/C19H20N4OS/c1-23-6-4-13(5-7-23)19(24)10-17-9-15-8-14(16-11-20-25-12-16)2-3-18(15)22-21-17/h2-3,8-9,11-13H,4-7,10H2,1H3. The lowest BCUT2D eigenvalue weighted by molar-refractivity contribution is -0.123. The van der Waals surface area contributed by atoms with Crippen LogP contribution in [0.4, 0.5) is 0 Å². The minimum Gasteiger partial charge on any atom is -0.306 e. The van der Waals surface area contributed by atoms with Crippen LogP contribution in [-0.4, -0.2) is 45.4 Å². The summed E-state index contributed by atoms with van der Waals surface area (Å²) in [6.45, 7) is 2.00. The first-order valence-electron chi connectivity index (χ1n) is 8.56. The van der Waals surface area contributed by atoms with E-state index in [1.807, 2.05) is 29.8 Å². The Morgan fingerprint density at radius 3 is 2.80 bits per heavy atom. The molecule has 2 aromatic heterocycles. The molecule has 0 radical (unpaired) electrons. The Morgan fingerprint density at radius 1 is 1.20 bits per heavy atom. The van der Waals surface area contributed by atoms with Crippen molar-refractivity contribution in [2.45, 2.75) is 19.3 Å². The Kier molecular flexibility index (Phi) is 4.55. The second-order valence-corrected chi connectivity index (χ2v) is 7.40. The molecule has 3 heterocycles. The lowest BCUT2D eigenvalue weighted by Crippen LogP contribution is -2.34. The van der Waals surface area contributed by atoms with Crippen molar-refractivity contribution in [1.29, 1.82) is 0 Å². The van der Waals surface area contributed by atoms with Crippen LogP contribution in [0.2, 0.25) is 0 Å². The number of likely N-dealkylation sites (tertiary alicyclic amines) is 1. The van der Waals surface area contributed by atoms with Gasteiger partial charge >= 0.3 is 0 Å². The molecular formula is C19H20N4OS. The van der Waals surface area contributed by atoms with Crippen LogP contribution in [-0.2, 0) is 11.2 Å². The molecule has 1 aliphatic rings. The number of carbonyl (C=O) groups excluding carboxylic acids is 1. The average molecular weight is 352 g/mol. The Bertz CT molecular complexity index is 886. The van der Waals surface area contributed by atoms with Gasteiger partial charge in [-0.25, -0.2) is 4.37 Å². The number of nitrogens with zero attached hydrogens (tertiary/aromatic N) is 4. The summed E-state index contributed by atoms with van der Waals surface area (Å²) in [7, 11) is 2.11. The molecule has 0 spiro atoms. The van der Waals surface area contributed by atoms with Crippen molar-refractivity contribution >= 4 is 28.2 Å². The van der Waals surface area contributed by atoms with E-state index in [1.54, 1.807) is 0 Å². The Balaban J connectivity index is 1.54. The average Bonchev–Trinajstić information content (AvgIpc) is 3.16. The maximum Gasteiger partial charge on any atom is 0.142 e. The van der Waals surface area contributed by atoms with Gasteiger partial charge in [0.2, 0.25) is 0 Å².